The minimum Gasteiger partial charge on any atom is -0.484 e. The van der Waals surface area contributed by atoms with E-state index in [4.69, 9.17) is 4.74 Å². The standard InChI is InChI=1S/C15H16N2O2/c1-11-3-7-14(8-4-11)19-10-15(18)17-13-6-5-12(2)16-9-13/h3-9H,10H2,1-2H3,(H,17,18). The summed E-state index contributed by atoms with van der Waals surface area (Å²) in [6.07, 6.45) is 1.62. The summed E-state index contributed by atoms with van der Waals surface area (Å²) >= 11 is 0. The molecule has 1 N–H and O–H groups in total. The summed E-state index contributed by atoms with van der Waals surface area (Å²) in [4.78, 5) is 15.8. The molecule has 1 heterocycles. The third-order valence-corrected chi connectivity index (χ3v) is 2.59. The molecule has 4 heteroatoms. The summed E-state index contributed by atoms with van der Waals surface area (Å²) in [5.41, 5.74) is 2.74. The smallest absolute Gasteiger partial charge is 0.262 e. The number of aromatic nitrogens is 1. The average Bonchev–Trinajstić information content (AvgIpc) is 2.41. The monoisotopic (exact) mass is 256 g/mol. The van der Waals surface area contributed by atoms with E-state index in [1.165, 1.54) is 0 Å². The number of hydrogen-bond acceptors (Lipinski definition) is 3. The number of rotatable bonds is 4. The number of carbonyl (C=O) groups excluding carboxylic acids is 1. The van der Waals surface area contributed by atoms with E-state index in [2.05, 4.69) is 10.3 Å². The van der Waals surface area contributed by atoms with Crippen LogP contribution in [0.3, 0.4) is 0 Å². The molecule has 2 aromatic rings. The highest BCUT2D eigenvalue weighted by atomic mass is 16.5. The Bertz CT molecular complexity index is 547. The van der Waals surface area contributed by atoms with Gasteiger partial charge in [0.2, 0.25) is 0 Å². The van der Waals surface area contributed by atoms with Gasteiger partial charge in [-0.3, -0.25) is 9.78 Å². The second-order valence-corrected chi connectivity index (χ2v) is 4.34. The van der Waals surface area contributed by atoms with Crippen molar-refractivity contribution in [2.24, 2.45) is 0 Å². The summed E-state index contributed by atoms with van der Waals surface area (Å²) in [6, 6.07) is 11.2. The summed E-state index contributed by atoms with van der Waals surface area (Å²) in [7, 11) is 0. The van der Waals surface area contributed by atoms with Crippen LogP contribution in [0.5, 0.6) is 5.75 Å². The predicted octanol–water partition coefficient (Wildman–Crippen LogP) is 2.72. The molecule has 0 radical (unpaired) electrons. The zero-order valence-electron chi connectivity index (χ0n) is 11.0. The molecule has 2 rings (SSSR count). The van der Waals surface area contributed by atoms with Crippen LogP contribution in [0.1, 0.15) is 11.3 Å². The summed E-state index contributed by atoms with van der Waals surface area (Å²) < 4.78 is 5.39. The molecular weight excluding hydrogens is 240 g/mol. The molecule has 0 unspecified atom stereocenters. The first kappa shape index (κ1) is 13.1. The number of nitrogens with zero attached hydrogens (tertiary/aromatic N) is 1. The van der Waals surface area contributed by atoms with Crippen LogP contribution in [0, 0.1) is 13.8 Å². The number of pyridine rings is 1. The van der Waals surface area contributed by atoms with Crippen molar-refractivity contribution in [3.05, 3.63) is 53.9 Å². The van der Waals surface area contributed by atoms with Gasteiger partial charge in [-0.2, -0.15) is 0 Å². The normalized spacial score (nSPS) is 10.0. The first-order chi connectivity index (χ1) is 9.13. The second-order valence-electron chi connectivity index (χ2n) is 4.34. The Hall–Kier alpha value is -2.36. The van der Waals surface area contributed by atoms with Crippen molar-refractivity contribution in [3.8, 4) is 5.75 Å². The Morgan fingerprint density at radius 3 is 2.53 bits per heavy atom. The molecule has 0 fully saturated rings. The van der Waals surface area contributed by atoms with E-state index >= 15 is 0 Å². The fourth-order valence-corrected chi connectivity index (χ4v) is 1.52. The predicted molar refractivity (Wildman–Crippen MR) is 74.3 cm³/mol. The van der Waals surface area contributed by atoms with E-state index in [0.29, 0.717) is 11.4 Å². The van der Waals surface area contributed by atoms with Crippen LogP contribution in [0.15, 0.2) is 42.6 Å². The molecule has 0 saturated carbocycles. The van der Waals surface area contributed by atoms with E-state index < -0.39 is 0 Å². The Balaban J connectivity index is 1.84. The molecule has 4 nitrogen and oxygen atoms in total. The molecule has 0 aliphatic rings. The van der Waals surface area contributed by atoms with E-state index in [0.717, 1.165) is 11.3 Å². The molecule has 0 saturated heterocycles. The molecule has 1 aromatic heterocycles. The summed E-state index contributed by atoms with van der Waals surface area (Å²) in [5, 5.41) is 2.72. The van der Waals surface area contributed by atoms with Gasteiger partial charge in [0.25, 0.3) is 5.91 Å². The maximum atomic E-state index is 11.7. The Morgan fingerprint density at radius 1 is 1.16 bits per heavy atom. The molecule has 1 amide bonds. The minimum atomic E-state index is -0.203. The van der Waals surface area contributed by atoms with Gasteiger partial charge in [0, 0.05) is 5.69 Å². The van der Waals surface area contributed by atoms with Crippen LogP contribution in [-0.4, -0.2) is 17.5 Å². The van der Waals surface area contributed by atoms with Gasteiger partial charge in [0.05, 0.1) is 11.9 Å². The minimum absolute atomic E-state index is 0.0169. The van der Waals surface area contributed by atoms with Gasteiger partial charge in [-0.05, 0) is 38.1 Å². The Morgan fingerprint density at radius 2 is 1.89 bits per heavy atom. The fraction of sp³-hybridized carbons (Fsp3) is 0.200. The van der Waals surface area contributed by atoms with Gasteiger partial charge in [0.15, 0.2) is 6.61 Å². The summed E-state index contributed by atoms with van der Waals surface area (Å²) in [5.74, 6) is 0.481. The number of anilines is 1. The topological polar surface area (TPSA) is 51.2 Å². The molecule has 0 aliphatic carbocycles. The van der Waals surface area contributed by atoms with E-state index in [1.54, 1.807) is 6.20 Å². The van der Waals surface area contributed by atoms with Crippen molar-refractivity contribution in [2.75, 3.05) is 11.9 Å². The van der Waals surface area contributed by atoms with E-state index in [-0.39, 0.29) is 12.5 Å². The highest BCUT2D eigenvalue weighted by Crippen LogP contribution is 2.11. The van der Waals surface area contributed by atoms with Crippen molar-refractivity contribution < 1.29 is 9.53 Å². The maximum Gasteiger partial charge on any atom is 0.262 e. The van der Waals surface area contributed by atoms with Gasteiger partial charge in [-0.25, -0.2) is 0 Å². The number of nitrogens with one attached hydrogen (secondary N) is 1. The van der Waals surface area contributed by atoms with Crippen molar-refractivity contribution in [1.29, 1.82) is 0 Å². The third-order valence-electron chi connectivity index (χ3n) is 2.59. The highest BCUT2D eigenvalue weighted by Gasteiger charge is 2.03. The Kier molecular flexibility index (Phi) is 4.13. The van der Waals surface area contributed by atoms with Crippen molar-refractivity contribution in [3.63, 3.8) is 0 Å². The van der Waals surface area contributed by atoms with Gasteiger partial charge >= 0.3 is 0 Å². The lowest BCUT2D eigenvalue weighted by Gasteiger charge is -2.07. The molecule has 19 heavy (non-hydrogen) atoms. The van der Waals surface area contributed by atoms with E-state index in [1.807, 2.05) is 50.2 Å². The van der Waals surface area contributed by atoms with Crippen molar-refractivity contribution in [1.82, 2.24) is 4.98 Å². The molecule has 0 spiro atoms. The fourth-order valence-electron chi connectivity index (χ4n) is 1.52. The van der Waals surface area contributed by atoms with Crippen molar-refractivity contribution in [2.45, 2.75) is 13.8 Å². The largest absolute Gasteiger partial charge is 0.484 e. The van der Waals surface area contributed by atoms with Crippen LogP contribution in [0.2, 0.25) is 0 Å². The van der Waals surface area contributed by atoms with Crippen LogP contribution in [0.4, 0.5) is 5.69 Å². The van der Waals surface area contributed by atoms with Crippen LogP contribution in [-0.2, 0) is 4.79 Å². The van der Waals surface area contributed by atoms with Crippen LogP contribution < -0.4 is 10.1 Å². The highest BCUT2D eigenvalue weighted by molar-refractivity contribution is 5.91. The molecule has 0 aliphatic heterocycles. The lowest BCUT2D eigenvalue weighted by molar-refractivity contribution is -0.118. The van der Waals surface area contributed by atoms with Crippen LogP contribution in [0.25, 0.3) is 0 Å². The zero-order valence-corrected chi connectivity index (χ0v) is 11.0. The lowest BCUT2D eigenvalue weighted by Crippen LogP contribution is -2.20. The molecule has 1 aromatic carbocycles. The Labute approximate surface area is 112 Å². The number of benzene rings is 1. The van der Waals surface area contributed by atoms with E-state index in [9.17, 15) is 4.79 Å². The molecule has 0 bridgehead atoms. The first-order valence-corrected chi connectivity index (χ1v) is 6.05. The lowest BCUT2D eigenvalue weighted by atomic mass is 10.2. The SMILES string of the molecule is Cc1ccc(OCC(=O)Nc2ccc(C)nc2)cc1. The molecule has 98 valence electrons. The van der Waals surface area contributed by atoms with Gasteiger partial charge in [-0.15, -0.1) is 0 Å². The number of hydrogen-bond donors (Lipinski definition) is 1. The van der Waals surface area contributed by atoms with Gasteiger partial charge in [0.1, 0.15) is 5.75 Å². The first-order valence-electron chi connectivity index (χ1n) is 6.05. The van der Waals surface area contributed by atoms with Crippen molar-refractivity contribution >= 4 is 11.6 Å². The van der Waals surface area contributed by atoms with Crippen LogP contribution >= 0.6 is 0 Å². The number of amides is 1. The summed E-state index contributed by atoms with van der Waals surface area (Å²) in [6.45, 7) is 3.88. The molecule has 0 atom stereocenters. The van der Waals surface area contributed by atoms with Gasteiger partial charge < -0.3 is 10.1 Å². The van der Waals surface area contributed by atoms with Gasteiger partial charge in [-0.1, -0.05) is 17.7 Å². The zero-order chi connectivity index (χ0) is 13.7. The average molecular weight is 256 g/mol. The third kappa shape index (κ3) is 4.10. The number of carbonyl (C=O) groups is 1. The quantitative estimate of drug-likeness (QED) is 0.915. The number of aryl methyl sites for hydroxylation is 2. The maximum absolute atomic E-state index is 11.7. The number of ether oxygens (including phenoxy) is 1. The molecular formula is C15H16N2O2. The second kappa shape index (κ2) is 6.00.